The number of para-hydroxylation sites is 1. The molecule has 1 saturated carbocycles. The van der Waals surface area contributed by atoms with E-state index in [9.17, 15) is 4.79 Å². The minimum absolute atomic E-state index is 0.0459. The van der Waals surface area contributed by atoms with Gasteiger partial charge in [-0.05, 0) is 69.6 Å². The smallest absolute Gasteiger partial charge is 0.373 e. The number of nitrogens with one attached hydrogen (secondary N) is 1. The molecule has 3 fully saturated rings. The van der Waals surface area contributed by atoms with Gasteiger partial charge < -0.3 is 24.2 Å². The summed E-state index contributed by atoms with van der Waals surface area (Å²) in [5.41, 5.74) is 6.03. The summed E-state index contributed by atoms with van der Waals surface area (Å²) in [4.78, 5) is 31.6. The second-order valence-electron chi connectivity index (χ2n) is 10.8. The van der Waals surface area contributed by atoms with Gasteiger partial charge in [-0.15, -0.1) is 0 Å². The van der Waals surface area contributed by atoms with Gasteiger partial charge in [0.1, 0.15) is 17.2 Å². The van der Waals surface area contributed by atoms with Gasteiger partial charge in [-0.1, -0.05) is 41.6 Å². The monoisotopic (exact) mass is 545 g/mol. The van der Waals surface area contributed by atoms with Crippen molar-refractivity contribution in [2.45, 2.75) is 83.1 Å². The Morgan fingerprint density at radius 3 is 2.35 bits per heavy atom. The molecule has 1 N–H and O–H groups in total. The molecule has 2 aromatic carbocycles. The number of aromatic nitrogens is 1. The number of anilines is 1. The predicted octanol–water partition coefficient (Wildman–Crippen LogP) is 6.01. The summed E-state index contributed by atoms with van der Waals surface area (Å²) in [6, 6.07) is 14.4. The molecule has 2 saturated heterocycles. The number of hydrogen-bond donors (Lipinski definition) is 1. The van der Waals surface area contributed by atoms with Crippen molar-refractivity contribution in [2.75, 3.05) is 12.4 Å². The van der Waals surface area contributed by atoms with Crippen molar-refractivity contribution in [2.24, 2.45) is 0 Å². The molecule has 1 aliphatic carbocycles. The molecule has 3 aromatic rings. The van der Waals surface area contributed by atoms with Gasteiger partial charge in [0.25, 0.3) is 0 Å². The lowest BCUT2D eigenvalue weighted by Crippen LogP contribution is -2.50. The van der Waals surface area contributed by atoms with E-state index in [-0.39, 0.29) is 30.4 Å². The van der Waals surface area contributed by atoms with Crippen LogP contribution in [-0.4, -0.2) is 47.5 Å². The number of fused-ring (bicyclic) bond motifs is 2. The van der Waals surface area contributed by atoms with Gasteiger partial charge in [-0.25, -0.2) is 4.79 Å². The zero-order chi connectivity index (χ0) is 28.2. The second kappa shape index (κ2) is 12.1. The Bertz CT molecular complexity index is 1380. The topological polar surface area (TPSA) is 111 Å². The maximum atomic E-state index is 13.4. The van der Waals surface area contributed by atoms with Crippen molar-refractivity contribution in [3.8, 4) is 17.0 Å². The fourth-order valence-corrected chi connectivity index (χ4v) is 6.12. The molecule has 3 aliphatic rings. The van der Waals surface area contributed by atoms with E-state index < -0.39 is 0 Å². The minimum Gasteiger partial charge on any atom is -0.495 e. The molecule has 2 unspecified atom stereocenters. The standard InChI is InChI=1S/C30H35N3O4.CO2/c1-18-7-4-5-9-24(18)28-25(29(37-32-28)20-11-12-20)17-36-23-15-21-13-14-22(16-23)33(21)30(34)31-27-19(2)8-6-10-26(27)35-3;2-1-3/h4-10,20-23H,11-17H2,1-3H3,(H,31,34);. The third-order valence-corrected chi connectivity index (χ3v) is 8.24. The van der Waals surface area contributed by atoms with Crippen LogP contribution in [0.1, 0.15) is 66.9 Å². The first-order valence-electron chi connectivity index (χ1n) is 13.8. The zero-order valence-electron chi connectivity index (χ0n) is 23.1. The van der Waals surface area contributed by atoms with Gasteiger partial charge in [0.05, 0.1) is 25.5 Å². The quantitative estimate of drug-likeness (QED) is 0.387. The molecule has 2 aliphatic heterocycles. The Morgan fingerprint density at radius 2 is 1.70 bits per heavy atom. The van der Waals surface area contributed by atoms with Crippen LogP contribution in [0.5, 0.6) is 5.75 Å². The molecular formula is C31H35N3O6. The highest BCUT2D eigenvalue weighted by molar-refractivity contribution is 5.92. The van der Waals surface area contributed by atoms with Crippen LogP contribution in [0.3, 0.4) is 0 Å². The third kappa shape index (κ3) is 5.67. The van der Waals surface area contributed by atoms with Crippen molar-refractivity contribution in [1.82, 2.24) is 10.1 Å². The second-order valence-corrected chi connectivity index (χ2v) is 10.8. The van der Waals surface area contributed by atoms with Crippen molar-refractivity contribution in [3.63, 3.8) is 0 Å². The zero-order valence-corrected chi connectivity index (χ0v) is 23.1. The fraction of sp³-hybridized carbons (Fsp3) is 0.452. The van der Waals surface area contributed by atoms with E-state index >= 15 is 0 Å². The highest BCUT2D eigenvalue weighted by atomic mass is 16.5. The maximum Gasteiger partial charge on any atom is 0.373 e. The van der Waals surface area contributed by atoms with Crippen LogP contribution in [-0.2, 0) is 20.9 Å². The Hall–Kier alpha value is -3.94. The Labute approximate surface area is 233 Å². The number of methoxy groups -OCH3 is 1. The molecule has 2 atom stereocenters. The summed E-state index contributed by atoms with van der Waals surface area (Å²) >= 11 is 0. The van der Waals surface area contributed by atoms with Crippen LogP contribution < -0.4 is 10.1 Å². The van der Waals surface area contributed by atoms with Crippen LogP contribution >= 0.6 is 0 Å². The van der Waals surface area contributed by atoms with E-state index in [0.717, 1.165) is 72.4 Å². The minimum atomic E-state index is -0.0459. The van der Waals surface area contributed by atoms with Gasteiger partial charge in [0.2, 0.25) is 0 Å². The highest BCUT2D eigenvalue weighted by Crippen LogP contribution is 2.45. The Balaban J connectivity index is 0.00000103. The highest BCUT2D eigenvalue weighted by Gasteiger charge is 2.44. The molecule has 6 rings (SSSR count). The molecule has 9 heteroatoms. The fourth-order valence-electron chi connectivity index (χ4n) is 6.12. The molecule has 2 bridgehead atoms. The Morgan fingerprint density at radius 1 is 1.02 bits per heavy atom. The van der Waals surface area contributed by atoms with Gasteiger partial charge in [-0.2, -0.15) is 9.59 Å². The molecule has 0 radical (unpaired) electrons. The average Bonchev–Trinajstić information content (AvgIpc) is 3.65. The number of rotatable bonds is 7. The van der Waals surface area contributed by atoms with Crippen molar-refractivity contribution < 1.29 is 28.4 Å². The lowest BCUT2D eigenvalue weighted by Gasteiger charge is -2.39. The molecule has 1 aromatic heterocycles. The summed E-state index contributed by atoms with van der Waals surface area (Å²) < 4.78 is 17.9. The lowest BCUT2D eigenvalue weighted by atomic mass is 9.99. The first-order chi connectivity index (χ1) is 19.4. The number of aryl methyl sites for hydroxylation is 2. The first kappa shape index (κ1) is 27.6. The summed E-state index contributed by atoms with van der Waals surface area (Å²) in [7, 11) is 1.63. The first-order valence-corrected chi connectivity index (χ1v) is 13.8. The number of hydrogen-bond acceptors (Lipinski definition) is 7. The van der Waals surface area contributed by atoms with Crippen molar-refractivity contribution >= 4 is 17.9 Å². The Kier molecular flexibility index (Phi) is 8.33. The van der Waals surface area contributed by atoms with Crippen LogP contribution in [0.25, 0.3) is 11.3 Å². The van der Waals surface area contributed by atoms with Crippen LogP contribution in [0.4, 0.5) is 10.5 Å². The normalized spacial score (nSPS) is 21.3. The van der Waals surface area contributed by atoms with Crippen LogP contribution in [0.15, 0.2) is 47.0 Å². The molecule has 0 spiro atoms. The summed E-state index contributed by atoms with van der Waals surface area (Å²) in [5, 5.41) is 7.61. The SMILES string of the molecule is COc1cccc(C)c1NC(=O)N1C2CCC1CC(OCc1c(-c3ccccc3C)noc1C1CC1)C2.O=C=O. The lowest BCUT2D eigenvalue weighted by molar-refractivity contribution is -0.191. The largest absolute Gasteiger partial charge is 0.495 e. The van der Waals surface area contributed by atoms with E-state index in [0.29, 0.717) is 18.3 Å². The van der Waals surface area contributed by atoms with Crippen molar-refractivity contribution in [1.29, 1.82) is 0 Å². The van der Waals surface area contributed by atoms with Gasteiger partial charge >= 0.3 is 12.2 Å². The third-order valence-electron chi connectivity index (χ3n) is 8.24. The number of amides is 2. The van der Waals surface area contributed by atoms with E-state index in [1.165, 1.54) is 5.56 Å². The summed E-state index contributed by atoms with van der Waals surface area (Å²) in [5.74, 6) is 2.14. The number of urea groups is 1. The molecular weight excluding hydrogens is 510 g/mol. The van der Waals surface area contributed by atoms with Crippen molar-refractivity contribution in [3.05, 3.63) is 64.9 Å². The van der Waals surface area contributed by atoms with Gasteiger partial charge in [0, 0.05) is 29.1 Å². The van der Waals surface area contributed by atoms with E-state index in [1.54, 1.807) is 7.11 Å². The number of benzene rings is 2. The summed E-state index contributed by atoms with van der Waals surface area (Å²) in [6.45, 7) is 4.59. The average molecular weight is 546 g/mol. The number of ether oxygens (including phenoxy) is 2. The van der Waals surface area contributed by atoms with Crippen LogP contribution in [0.2, 0.25) is 0 Å². The number of carbonyl (C=O) groups excluding carboxylic acids is 3. The molecule has 3 heterocycles. The molecule has 2 amide bonds. The van der Waals surface area contributed by atoms with E-state index in [1.807, 2.05) is 42.2 Å². The molecule has 9 nitrogen and oxygen atoms in total. The molecule has 210 valence electrons. The predicted molar refractivity (Wildman–Crippen MR) is 147 cm³/mol. The number of nitrogens with zero attached hydrogens (tertiary/aromatic N) is 2. The van der Waals surface area contributed by atoms with E-state index in [2.05, 4.69) is 29.5 Å². The van der Waals surface area contributed by atoms with E-state index in [4.69, 9.17) is 23.6 Å². The number of piperidine rings is 1. The van der Waals surface area contributed by atoms with Gasteiger partial charge in [-0.3, -0.25) is 0 Å². The molecule has 40 heavy (non-hydrogen) atoms. The number of carbonyl (C=O) groups is 1. The summed E-state index contributed by atoms with van der Waals surface area (Å²) in [6.07, 6.45) is 6.38. The van der Waals surface area contributed by atoms with Gasteiger partial charge in [0.15, 0.2) is 0 Å². The van der Waals surface area contributed by atoms with Crippen LogP contribution in [0, 0.1) is 13.8 Å². The maximum absolute atomic E-state index is 13.4.